The first kappa shape index (κ1) is 9.11. The van der Waals surface area contributed by atoms with Crippen LogP contribution in [0.1, 0.15) is 24.4 Å². The molecule has 2 unspecified atom stereocenters. The number of benzene rings is 1. The molecule has 0 aliphatic carbocycles. The van der Waals surface area contributed by atoms with Gasteiger partial charge in [-0.2, -0.15) is 0 Å². The molecule has 1 saturated heterocycles. The van der Waals surface area contributed by atoms with E-state index in [-0.39, 0.29) is 5.82 Å². The lowest BCUT2D eigenvalue weighted by Crippen LogP contribution is -2.18. The minimum atomic E-state index is -0.144. The van der Waals surface area contributed by atoms with E-state index in [1.807, 2.05) is 6.07 Å². The van der Waals surface area contributed by atoms with Crippen LogP contribution in [-0.4, -0.2) is 6.54 Å². The van der Waals surface area contributed by atoms with Gasteiger partial charge in [-0.3, -0.25) is 0 Å². The Balaban J connectivity index is 2.32. The lowest BCUT2D eigenvalue weighted by atomic mass is 10.1. The van der Waals surface area contributed by atoms with Gasteiger partial charge in [-0.1, -0.05) is 6.07 Å². The van der Waals surface area contributed by atoms with Gasteiger partial charge in [0, 0.05) is 6.04 Å². The van der Waals surface area contributed by atoms with E-state index in [1.165, 1.54) is 12.5 Å². The lowest BCUT2D eigenvalue weighted by molar-refractivity contribution is 0.609. The Morgan fingerprint density at radius 2 is 2.31 bits per heavy atom. The largest absolute Gasteiger partial charge is 0.310 e. The van der Waals surface area contributed by atoms with Crippen molar-refractivity contribution in [3.8, 4) is 0 Å². The summed E-state index contributed by atoms with van der Waals surface area (Å²) in [7, 11) is 2.66. The molecule has 1 aliphatic heterocycles. The standard InChI is InChI=1S/C10H13FNP/c11-7-3-4-10(13)8(6-7)9-2-1-5-12-9/h3-4,6,9,12H,1-2,5,13H2. The van der Waals surface area contributed by atoms with Gasteiger partial charge in [-0.05, 0) is 42.4 Å². The van der Waals surface area contributed by atoms with Crippen molar-refractivity contribution in [3.63, 3.8) is 0 Å². The molecule has 1 nitrogen and oxygen atoms in total. The maximum absolute atomic E-state index is 13.0. The van der Waals surface area contributed by atoms with Crippen molar-refractivity contribution < 1.29 is 4.39 Å². The average molecular weight is 197 g/mol. The SMILES string of the molecule is Fc1ccc(P)c(C2CCCN2)c1. The topological polar surface area (TPSA) is 12.0 Å². The fourth-order valence-corrected chi connectivity index (χ4v) is 2.18. The molecule has 0 amide bonds. The molecule has 0 aromatic heterocycles. The molecule has 1 N–H and O–H groups in total. The zero-order chi connectivity index (χ0) is 9.26. The molecular formula is C10H13FNP. The fraction of sp³-hybridized carbons (Fsp3) is 0.400. The molecular weight excluding hydrogens is 184 g/mol. The number of rotatable bonds is 1. The Bertz CT molecular complexity index is 308. The van der Waals surface area contributed by atoms with E-state index in [0.29, 0.717) is 6.04 Å². The van der Waals surface area contributed by atoms with Crippen LogP contribution in [0.5, 0.6) is 0 Å². The summed E-state index contributed by atoms with van der Waals surface area (Å²) in [6, 6.07) is 5.30. The summed E-state index contributed by atoms with van der Waals surface area (Å²) in [4.78, 5) is 0. The zero-order valence-electron chi connectivity index (χ0n) is 7.39. The number of nitrogens with one attached hydrogen (secondary N) is 1. The molecule has 70 valence electrons. The highest BCUT2D eigenvalue weighted by Gasteiger charge is 2.18. The van der Waals surface area contributed by atoms with Crippen molar-refractivity contribution in [2.24, 2.45) is 0 Å². The van der Waals surface area contributed by atoms with Crippen LogP contribution in [0.25, 0.3) is 0 Å². The van der Waals surface area contributed by atoms with Gasteiger partial charge < -0.3 is 5.32 Å². The molecule has 1 fully saturated rings. The second-order valence-electron chi connectivity index (χ2n) is 3.42. The summed E-state index contributed by atoms with van der Waals surface area (Å²) < 4.78 is 13.0. The third-order valence-corrected chi connectivity index (χ3v) is 3.01. The summed E-state index contributed by atoms with van der Waals surface area (Å²) in [5, 5.41) is 4.46. The van der Waals surface area contributed by atoms with E-state index in [1.54, 1.807) is 6.07 Å². The Morgan fingerprint density at radius 1 is 1.46 bits per heavy atom. The third kappa shape index (κ3) is 1.90. The summed E-state index contributed by atoms with van der Waals surface area (Å²) in [6.45, 7) is 1.05. The van der Waals surface area contributed by atoms with Crippen molar-refractivity contribution in [2.45, 2.75) is 18.9 Å². The van der Waals surface area contributed by atoms with Crippen LogP contribution in [0.2, 0.25) is 0 Å². The highest BCUT2D eigenvalue weighted by molar-refractivity contribution is 7.27. The number of hydrogen-bond donors (Lipinski definition) is 1. The lowest BCUT2D eigenvalue weighted by Gasteiger charge is -2.13. The molecule has 1 aromatic rings. The minimum absolute atomic E-state index is 0.144. The highest BCUT2D eigenvalue weighted by Crippen LogP contribution is 2.23. The first-order valence-electron chi connectivity index (χ1n) is 4.55. The van der Waals surface area contributed by atoms with Crippen molar-refractivity contribution in [3.05, 3.63) is 29.6 Å². The van der Waals surface area contributed by atoms with Crippen molar-refractivity contribution >= 4 is 14.5 Å². The van der Waals surface area contributed by atoms with Gasteiger partial charge in [0.05, 0.1) is 0 Å². The molecule has 2 rings (SSSR count). The van der Waals surface area contributed by atoms with E-state index < -0.39 is 0 Å². The third-order valence-electron chi connectivity index (χ3n) is 2.48. The zero-order valence-corrected chi connectivity index (χ0v) is 8.54. The minimum Gasteiger partial charge on any atom is -0.310 e. The molecule has 2 atom stereocenters. The Kier molecular flexibility index (Phi) is 2.61. The average Bonchev–Trinajstić information content (AvgIpc) is 2.61. The first-order valence-corrected chi connectivity index (χ1v) is 5.13. The van der Waals surface area contributed by atoms with Gasteiger partial charge in [-0.15, -0.1) is 9.24 Å². The predicted molar refractivity (Wildman–Crippen MR) is 55.7 cm³/mol. The molecule has 3 heteroatoms. The monoisotopic (exact) mass is 197 g/mol. The molecule has 1 aliphatic rings. The summed E-state index contributed by atoms with van der Waals surface area (Å²) in [5.74, 6) is -0.144. The highest BCUT2D eigenvalue weighted by atomic mass is 31.0. The van der Waals surface area contributed by atoms with Gasteiger partial charge in [0.15, 0.2) is 0 Å². The fourth-order valence-electron chi connectivity index (χ4n) is 1.80. The van der Waals surface area contributed by atoms with Gasteiger partial charge >= 0.3 is 0 Å². The maximum Gasteiger partial charge on any atom is 0.123 e. The summed E-state index contributed by atoms with van der Waals surface area (Å²) in [6.07, 6.45) is 2.30. The molecule has 13 heavy (non-hydrogen) atoms. The van der Waals surface area contributed by atoms with Crippen molar-refractivity contribution in [2.75, 3.05) is 6.54 Å². The van der Waals surface area contributed by atoms with E-state index in [9.17, 15) is 4.39 Å². The van der Waals surface area contributed by atoms with Crippen LogP contribution in [0.4, 0.5) is 4.39 Å². The smallest absolute Gasteiger partial charge is 0.123 e. The molecule has 0 radical (unpaired) electrons. The normalized spacial score (nSPS) is 22.2. The van der Waals surface area contributed by atoms with Crippen LogP contribution in [0, 0.1) is 5.82 Å². The van der Waals surface area contributed by atoms with Gasteiger partial charge in [0.2, 0.25) is 0 Å². The van der Waals surface area contributed by atoms with E-state index in [2.05, 4.69) is 14.6 Å². The van der Waals surface area contributed by atoms with Crippen LogP contribution >= 0.6 is 9.24 Å². The molecule has 0 spiro atoms. The number of hydrogen-bond acceptors (Lipinski definition) is 1. The predicted octanol–water partition coefficient (Wildman–Crippen LogP) is 1.75. The van der Waals surface area contributed by atoms with Crippen molar-refractivity contribution in [1.82, 2.24) is 5.32 Å². The molecule has 0 bridgehead atoms. The molecule has 0 saturated carbocycles. The van der Waals surface area contributed by atoms with Crippen LogP contribution in [-0.2, 0) is 0 Å². The van der Waals surface area contributed by atoms with Gasteiger partial charge in [-0.25, -0.2) is 4.39 Å². The summed E-state index contributed by atoms with van der Waals surface area (Å²) >= 11 is 0. The van der Waals surface area contributed by atoms with E-state index in [0.717, 1.165) is 23.8 Å². The van der Waals surface area contributed by atoms with Crippen LogP contribution in [0.3, 0.4) is 0 Å². The van der Waals surface area contributed by atoms with Crippen LogP contribution in [0.15, 0.2) is 18.2 Å². The quantitative estimate of drug-likeness (QED) is 0.676. The van der Waals surface area contributed by atoms with Crippen molar-refractivity contribution in [1.29, 1.82) is 0 Å². The van der Waals surface area contributed by atoms with Crippen LogP contribution < -0.4 is 10.6 Å². The summed E-state index contributed by atoms with van der Waals surface area (Å²) in [5.41, 5.74) is 1.09. The van der Waals surface area contributed by atoms with E-state index in [4.69, 9.17) is 0 Å². The van der Waals surface area contributed by atoms with Gasteiger partial charge in [0.1, 0.15) is 5.82 Å². The van der Waals surface area contributed by atoms with E-state index >= 15 is 0 Å². The number of halogens is 1. The maximum atomic E-state index is 13.0. The Labute approximate surface area is 79.9 Å². The second kappa shape index (κ2) is 3.73. The van der Waals surface area contributed by atoms with Gasteiger partial charge in [0.25, 0.3) is 0 Å². The molecule has 1 aromatic carbocycles. The molecule has 1 heterocycles. The second-order valence-corrected chi connectivity index (χ2v) is 4.04. The Hall–Kier alpha value is -0.460. The first-order chi connectivity index (χ1) is 6.27. The Morgan fingerprint density at radius 3 is 3.00 bits per heavy atom.